The smallest absolute Gasteiger partial charge is 0.316 e. The summed E-state index contributed by atoms with van der Waals surface area (Å²) >= 11 is 6.55. The van der Waals surface area contributed by atoms with Gasteiger partial charge in [0, 0.05) is 4.83 Å². The summed E-state index contributed by atoms with van der Waals surface area (Å²) in [4.78, 5) is 22.5. The Morgan fingerprint density at radius 2 is 2.23 bits per heavy atom. The van der Waals surface area contributed by atoms with E-state index in [1.165, 1.54) is 0 Å². The molecule has 5 heteroatoms. The number of Topliss-reactive ketones (excluding diaryl/α,β-unsaturated/α-hetero) is 1. The third kappa shape index (κ3) is 2.31. The van der Waals surface area contributed by atoms with E-state index in [1.54, 1.807) is 6.92 Å². The van der Waals surface area contributed by atoms with E-state index in [4.69, 9.17) is 4.74 Å². The number of carbonyl (C=O) groups excluding carboxylic acids is 2. The van der Waals surface area contributed by atoms with Gasteiger partial charge in [-0.15, -0.1) is 0 Å². The number of hydrogen-bond donors (Lipinski definition) is 0. The third-order valence-corrected chi connectivity index (χ3v) is 4.67. The number of hydrogen-bond acceptors (Lipinski definition) is 3. The molecule has 1 aliphatic rings. The summed E-state index contributed by atoms with van der Waals surface area (Å²) in [6.45, 7) is 2.05. The van der Waals surface area contributed by atoms with Crippen LogP contribution in [0.5, 0.6) is 0 Å². The molecule has 0 spiro atoms. The van der Waals surface area contributed by atoms with Crippen LogP contribution in [0.4, 0.5) is 0 Å². The van der Waals surface area contributed by atoms with Gasteiger partial charge in [0.15, 0.2) is 5.78 Å². The van der Waals surface area contributed by atoms with E-state index in [2.05, 4.69) is 31.9 Å². The summed E-state index contributed by atoms with van der Waals surface area (Å²) < 4.78 is 4.79. The van der Waals surface area contributed by atoms with Gasteiger partial charge in [0.25, 0.3) is 0 Å². The second-order valence-electron chi connectivity index (χ2n) is 2.86. The second-order valence-corrected chi connectivity index (χ2v) is 5.02. The molecule has 0 bridgehead atoms. The molecule has 0 amide bonds. The van der Waals surface area contributed by atoms with Crippen LogP contribution >= 0.6 is 31.9 Å². The minimum Gasteiger partial charge on any atom is -0.465 e. The molecule has 0 aromatic carbocycles. The van der Waals surface area contributed by atoms with Gasteiger partial charge in [-0.1, -0.05) is 31.9 Å². The molecule has 1 aliphatic carbocycles. The minimum atomic E-state index is -0.589. The third-order valence-electron chi connectivity index (χ3n) is 1.96. The maximum absolute atomic E-state index is 11.5. The number of ether oxygens (including phenoxy) is 1. The zero-order chi connectivity index (χ0) is 10.0. The molecule has 3 atom stereocenters. The fourth-order valence-corrected chi connectivity index (χ4v) is 2.46. The number of esters is 1. The molecule has 0 N–H and O–H groups in total. The predicted octanol–water partition coefficient (Wildman–Crippen LogP) is 1.67. The summed E-state index contributed by atoms with van der Waals surface area (Å²) in [5.74, 6) is -1.08. The van der Waals surface area contributed by atoms with Gasteiger partial charge >= 0.3 is 5.97 Å². The molecule has 0 unspecified atom stereocenters. The van der Waals surface area contributed by atoms with E-state index < -0.39 is 11.9 Å². The standard InChI is InChI=1S/C8H10Br2O3/c1-2-13-8(12)4-3-5(9)6(10)7(4)11/h4-6H,2-3H2,1H3/t4-,5+,6-/m0/s1. The van der Waals surface area contributed by atoms with Crippen molar-refractivity contribution in [2.45, 2.75) is 23.0 Å². The highest BCUT2D eigenvalue weighted by Crippen LogP contribution is 2.33. The average molecular weight is 314 g/mol. The fraction of sp³-hybridized carbons (Fsp3) is 0.750. The second kappa shape index (κ2) is 4.55. The van der Waals surface area contributed by atoms with Crippen LogP contribution in [0, 0.1) is 5.92 Å². The van der Waals surface area contributed by atoms with Crippen LogP contribution in [-0.4, -0.2) is 28.0 Å². The lowest BCUT2D eigenvalue weighted by Gasteiger charge is -2.06. The van der Waals surface area contributed by atoms with Crippen LogP contribution in [0.2, 0.25) is 0 Å². The predicted molar refractivity (Wildman–Crippen MR) is 55.2 cm³/mol. The van der Waals surface area contributed by atoms with Crippen LogP contribution in [0.25, 0.3) is 0 Å². The number of rotatable bonds is 2. The molecule has 0 aromatic rings. The first-order chi connectivity index (χ1) is 6.07. The minimum absolute atomic E-state index is 0.0365. The van der Waals surface area contributed by atoms with Gasteiger partial charge in [0.1, 0.15) is 5.92 Å². The van der Waals surface area contributed by atoms with Gasteiger partial charge in [-0.25, -0.2) is 0 Å². The highest BCUT2D eigenvalue weighted by molar-refractivity contribution is 9.12. The van der Waals surface area contributed by atoms with E-state index in [-0.39, 0.29) is 15.4 Å². The summed E-state index contributed by atoms with van der Waals surface area (Å²) in [7, 11) is 0. The SMILES string of the molecule is CCOC(=O)[C@H]1C[C@@H](Br)[C@H](Br)C1=O. The van der Waals surface area contributed by atoms with E-state index >= 15 is 0 Å². The Labute approximate surface area is 93.5 Å². The van der Waals surface area contributed by atoms with Gasteiger partial charge < -0.3 is 4.74 Å². The Bertz CT molecular complexity index is 229. The Morgan fingerprint density at radius 3 is 2.62 bits per heavy atom. The molecule has 0 aromatic heterocycles. The van der Waals surface area contributed by atoms with Crippen LogP contribution in [0.3, 0.4) is 0 Å². The topological polar surface area (TPSA) is 43.4 Å². The lowest BCUT2D eigenvalue weighted by molar-refractivity contribution is -0.150. The highest BCUT2D eigenvalue weighted by atomic mass is 79.9. The van der Waals surface area contributed by atoms with Crippen molar-refractivity contribution in [3.05, 3.63) is 0 Å². The van der Waals surface area contributed by atoms with Gasteiger partial charge in [-0.3, -0.25) is 9.59 Å². The first-order valence-electron chi connectivity index (χ1n) is 4.06. The van der Waals surface area contributed by atoms with Gasteiger partial charge in [-0.2, -0.15) is 0 Å². The molecule has 13 heavy (non-hydrogen) atoms. The van der Waals surface area contributed by atoms with Crippen molar-refractivity contribution in [3.63, 3.8) is 0 Å². The summed E-state index contributed by atoms with van der Waals surface area (Å²) in [5, 5.41) is 0. The van der Waals surface area contributed by atoms with Crippen molar-refractivity contribution in [2.24, 2.45) is 5.92 Å². The van der Waals surface area contributed by atoms with Crippen molar-refractivity contribution in [2.75, 3.05) is 6.61 Å². The normalized spacial score (nSPS) is 33.5. The number of carbonyl (C=O) groups is 2. The average Bonchev–Trinajstić information content (AvgIpc) is 2.33. The first kappa shape index (κ1) is 11.2. The molecule has 1 fully saturated rings. The van der Waals surface area contributed by atoms with Crippen molar-refractivity contribution >= 4 is 43.6 Å². The lowest BCUT2D eigenvalue weighted by Crippen LogP contribution is -2.24. The van der Waals surface area contributed by atoms with E-state index in [0.717, 1.165) is 0 Å². The lowest BCUT2D eigenvalue weighted by atomic mass is 10.1. The van der Waals surface area contributed by atoms with Crippen LogP contribution in [0.15, 0.2) is 0 Å². The Hall–Kier alpha value is 0.1000. The molecular formula is C8H10Br2O3. The molecule has 0 saturated heterocycles. The molecule has 1 saturated carbocycles. The maximum Gasteiger partial charge on any atom is 0.316 e. The molecule has 1 rings (SSSR count). The molecule has 0 aliphatic heterocycles. The Balaban J connectivity index is 2.63. The zero-order valence-electron chi connectivity index (χ0n) is 7.13. The molecule has 3 nitrogen and oxygen atoms in total. The van der Waals surface area contributed by atoms with Crippen molar-refractivity contribution in [1.82, 2.24) is 0 Å². The summed E-state index contributed by atoms with van der Waals surface area (Å²) in [6.07, 6.45) is 0.521. The van der Waals surface area contributed by atoms with Crippen molar-refractivity contribution in [3.8, 4) is 0 Å². The number of ketones is 1. The van der Waals surface area contributed by atoms with E-state index in [9.17, 15) is 9.59 Å². The van der Waals surface area contributed by atoms with Gasteiger partial charge in [-0.05, 0) is 13.3 Å². The summed E-state index contributed by atoms with van der Waals surface area (Å²) in [6, 6.07) is 0. The quantitative estimate of drug-likeness (QED) is 0.442. The monoisotopic (exact) mass is 312 g/mol. The fourth-order valence-electron chi connectivity index (χ4n) is 1.29. The van der Waals surface area contributed by atoms with Crippen LogP contribution in [-0.2, 0) is 14.3 Å². The van der Waals surface area contributed by atoms with Gasteiger partial charge in [0.2, 0.25) is 0 Å². The van der Waals surface area contributed by atoms with Crippen molar-refractivity contribution in [1.29, 1.82) is 0 Å². The Morgan fingerprint density at radius 1 is 1.62 bits per heavy atom. The van der Waals surface area contributed by atoms with Crippen molar-refractivity contribution < 1.29 is 14.3 Å². The van der Waals surface area contributed by atoms with Crippen LogP contribution < -0.4 is 0 Å². The molecular weight excluding hydrogens is 304 g/mol. The highest BCUT2D eigenvalue weighted by Gasteiger charge is 2.43. The Kier molecular flexibility index (Phi) is 3.91. The molecule has 0 heterocycles. The van der Waals surface area contributed by atoms with Crippen LogP contribution in [0.1, 0.15) is 13.3 Å². The van der Waals surface area contributed by atoms with E-state index in [1.807, 2.05) is 0 Å². The number of halogens is 2. The first-order valence-corrected chi connectivity index (χ1v) is 5.89. The molecule has 74 valence electrons. The summed E-state index contributed by atoms with van der Waals surface area (Å²) in [5.41, 5.74) is 0. The maximum atomic E-state index is 11.5. The van der Waals surface area contributed by atoms with E-state index in [0.29, 0.717) is 13.0 Å². The largest absolute Gasteiger partial charge is 0.465 e. The van der Waals surface area contributed by atoms with Gasteiger partial charge in [0.05, 0.1) is 11.4 Å². The zero-order valence-corrected chi connectivity index (χ0v) is 10.3. The molecule has 0 radical (unpaired) electrons. The number of alkyl halides is 2.